The van der Waals surface area contributed by atoms with Gasteiger partial charge in [0.25, 0.3) is 0 Å². The molecule has 0 aromatic carbocycles. The zero-order valence-corrected chi connectivity index (χ0v) is 6.71. The van der Waals surface area contributed by atoms with E-state index in [2.05, 4.69) is 6.58 Å². The lowest BCUT2D eigenvalue weighted by molar-refractivity contribution is -0.107. The maximum absolute atomic E-state index is 10.2. The van der Waals surface area contributed by atoms with Gasteiger partial charge in [-0.2, -0.15) is 0 Å². The fourth-order valence-electron chi connectivity index (χ4n) is 1.34. The molecule has 2 nitrogen and oxygen atoms in total. The topological polar surface area (TPSA) is 26.3 Å². The van der Waals surface area contributed by atoms with Gasteiger partial charge in [-0.05, 0) is 12.8 Å². The highest BCUT2D eigenvalue weighted by Crippen LogP contribution is 2.21. The predicted molar refractivity (Wildman–Crippen MR) is 43.4 cm³/mol. The SMILES string of the molecule is C=C(CC=O)C1CCCOC1. The van der Waals surface area contributed by atoms with Gasteiger partial charge in [-0.25, -0.2) is 0 Å². The van der Waals surface area contributed by atoms with Crippen LogP contribution in [0, 0.1) is 5.92 Å². The molecule has 0 aromatic heterocycles. The number of hydrogen-bond donors (Lipinski definition) is 0. The molecule has 1 atom stereocenters. The van der Waals surface area contributed by atoms with Gasteiger partial charge >= 0.3 is 0 Å². The van der Waals surface area contributed by atoms with Gasteiger partial charge in [0.05, 0.1) is 6.61 Å². The lowest BCUT2D eigenvalue weighted by Crippen LogP contribution is -2.18. The molecule has 11 heavy (non-hydrogen) atoms. The zero-order chi connectivity index (χ0) is 8.10. The van der Waals surface area contributed by atoms with E-state index in [0.29, 0.717) is 12.3 Å². The van der Waals surface area contributed by atoms with Crippen LogP contribution in [0.3, 0.4) is 0 Å². The van der Waals surface area contributed by atoms with Crippen LogP contribution in [-0.2, 0) is 9.53 Å². The molecule has 1 heterocycles. The zero-order valence-electron chi connectivity index (χ0n) is 6.71. The lowest BCUT2D eigenvalue weighted by atomic mass is 9.93. The van der Waals surface area contributed by atoms with Crippen LogP contribution in [0.15, 0.2) is 12.2 Å². The molecule has 0 radical (unpaired) electrons. The van der Waals surface area contributed by atoms with Crippen LogP contribution in [0.5, 0.6) is 0 Å². The molecule has 1 unspecified atom stereocenters. The maximum Gasteiger partial charge on any atom is 0.124 e. The summed E-state index contributed by atoms with van der Waals surface area (Å²) < 4.78 is 5.27. The van der Waals surface area contributed by atoms with Crippen molar-refractivity contribution in [3.63, 3.8) is 0 Å². The van der Waals surface area contributed by atoms with Crippen LogP contribution in [0.25, 0.3) is 0 Å². The van der Waals surface area contributed by atoms with Gasteiger partial charge in [-0.15, -0.1) is 0 Å². The third-order valence-electron chi connectivity index (χ3n) is 2.08. The molecular formula is C9H14O2. The molecule has 0 amide bonds. The van der Waals surface area contributed by atoms with Crippen molar-refractivity contribution in [1.29, 1.82) is 0 Å². The summed E-state index contributed by atoms with van der Waals surface area (Å²) in [6, 6.07) is 0. The van der Waals surface area contributed by atoms with Crippen LogP contribution >= 0.6 is 0 Å². The highest BCUT2D eigenvalue weighted by atomic mass is 16.5. The van der Waals surface area contributed by atoms with Gasteiger partial charge in [0.15, 0.2) is 0 Å². The van der Waals surface area contributed by atoms with Gasteiger partial charge < -0.3 is 9.53 Å². The number of aldehydes is 1. The highest BCUT2D eigenvalue weighted by Gasteiger charge is 2.15. The molecule has 0 N–H and O–H groups in total. The third-order valence-corrected chi connectivity index (χ3v) is 2.08. The first kappa shape index (κ1) is 8.47. The fourth-order valence-corrected chi connectivity index (χ4v) is 1.34. The average molecular weight is 154 g/mol. The molecule has 62 valence electrons. The monoisotopic (exact) mass is 154 g/mol. The van der Waals surface area contributed by atoms with E-state index >= 15 is 0 Å². The standard InChI is InChI=1S/C9H14O2/c1-8(4-5-10)9-3-2-6-11-7-9/h5,9H,1-4,6-7H2. The van der Waals surface area contributed by atoms with E-state index in [4.69, 9.17) is 4.74 Å². The van der Waals surface area contributed by atoms with Crippen LogP contribution in [0.4, 0.5) is 0 Å². The summed E-state index contributed by atoms with van der Waals surface area (Å²) >= 11 is 0. The average Bonchev–Trinajstić information content (AvgIpc) is 2.07. The Morgan fingerprint density at radius 3 is 3.09 bits per heavy atom. The first-order chi connectivity index (χ1) is 5.34. The minimum atomic E-state index is 0.425. The summed E-state index contributed by atoms with van der Waals surface area (Å²) in [7, 11) is 0. The number of carbonyl (C=O) groups is 1. The molecule has 1 fully saturated rings. The van der Waals surface area contributed by atoms with Gasteiger partial charge in [-0.3, -0.25) is 0 Å². The summed E-state index contributed by atoms with van der Waals surface area (Å²) in [5, 5.41) is 0. The quantitative estimate of drug-likeness (QED) is 0.455. The highest BCUT2D eigenvalue weighted by molar-refractivity contribution is 5.54. The van der Waals surface area contributed by atoms with E-state index in [-0.39, 0.29) is 0 Å². The molecule has 0 saturated carbocycles. The Balaban J connectivity index is 2.32. The van der Waals surface area contributed by atoms with E-state index in [1.54, 1.807) is 0 Å². The molecule has 1 saturated heterocycles. The second kappa shape index (κ2) is 4.29. The van der Waals surface area contributed by atoms with Crippen LogP contribution in [0.2, 0.25) is 0 Å². The number of ether oxygens (including phenoxy) is 1. The fraction of sp³-hybridized carbons (Fsp3) is 0.667. The molecule has 2 heteroatoms. The molecule has 1 aliphatic rings. The summed E-state index contributed by atoms with van der Waals surface area (Å²) in [6.07, 6.45) is 3.64. The number of carbonyl (C=O) groups excluding carboxylic acids is 1. The Morgan fingerprint density at radius 1 is 1.73 bits per heavy atom. The molecular weight excluding hydrogens is 140 g/mol. The second-order valence-electron chi connectivity index (χ2n) is 2.94. The first-order valence-corrected chi connectivity index (χ1v) is 4.03. The van der Waals surface area contributed by atoms with Gasteiger partial charge in [-0.1, -0.05) is 12.2 Å². The molecule has 1 aliphatic heterocycles. The Bertz CT molecular complexity index is 146. The molecule has 0 aliphatic carbocycles. The second-order valence-corrected chi connectivity index (χ2v) is 2.94. The van der Waals surface area contributed by atoms with Crippen molar-refractivity contribution < 1.29 is 9.53 Å². The predicted octanol–water partition coefficient (Wildman–Crippen LogP) is 1.56. The normalized spacial score (nSPS) is 24.5. The van der Waals surface area contributed by atoms with Crippen LogP contribution < -0.4 is 0 Å². The van der Waals surface area contributed by atoms with E-state index < -0.39 is 0 Å². The molecule has 0 aromatic rings. The van der Waals surface area contributed by atoms with Crippen molar-refractivity contribution in [3.8, 4) is 0 Å². The number of rotatable bonds is 3. The van der Waals surface area contributed by atoms with Gasteiger partial charge in [0.1, 0.15) is 6.29 Å². The first-order valence-electron chi connectivity index (χ1n) is 4.03. The molecule has 0 spiro atoms. The largest absolute Gasteiger partial charge is 0.381 e. The van der Waals surface area contributed by atoms with Crippen molar-refractivity contribution in [1.82, 2.24) is 0 Å². The van der Waals surface area contributed by atoms with Crippen molar-refractivity contribution in [2.24, 2.45) is 5.92 Å². The van der Waals surface area contributed by atoms with Crippen LogP contribution in [-0.4, -0.2) is 19.5 Å². The molecule has 0 bridgehead atoms. The van der Waals surface area contributed by atoms with Gasteiger partial charge in [0, 0.05) is 18.9 Å². The summed E-state index contributed by atoms with van der Waals surface area (Å²) in [5.41, 5.74) is 1.03. The van der Waals surface area contributed by atoms with Crippen molar-refractivity contribution in [3.05, 3.63) is 12.2 Å². The minimum Gasteiger partial charge on any atom is -0.381 e. The lowest BCUT2D eigenvalue weighted by Gasteiger charge is -2.22. The van der Waals surface area contributed by atoms with Crippen molar-refractivity contribution >= 4 is 6.29 Å². The van der Waals surface area contributed by atoms with E-state index in [9.17, 15) is 4.79 Å². The Kier molecular flexibility index (Phi) is 3.30. The van der Waals surface area contributed by atoms with Crippen molar-refractivity contribution in [2.45, 2.75) is 19.3 Å². The third kappa shape index (κ3) is 2.46. The van der Waals surface area contributed by atoms with E-state index in [1.165, 1.54) is 0 Å². The van der Waals surface area contributed by atoms with Crippen molar-refractivity contribution in [2.75, 3.05) is 13.2 Å². The smallest absolute Gasteiger partial charge is 0.124 e. The summed E-state index contributed by atoms with van der Waals surface area (Å²) in [4.78, 5) is 10.2. The van der Waals surface area contributed by atoms with Crippen LogP contribution in [0.1, 0.15) is 19.3 Å². The van der Waals surface area contributed by atoms with E-state index in [1.807, 2.05) is 0 Å². The summed E-state index contributed by atoms with van der Waals surface area (Å²) in [5.74, 6) is 0.425. The molecule has 1 rings (SSSR count). The Morgan fingerprint density at radius 2 is 2.55 bits per heavy atom. The Labute approximate surface area is 67.2 Å². The number of hydrogen-bond acceptors (Lipinski definition) is 2. The van der Waals surface area contributed by atoms with E-state index in [0.717, 1.165) is 37.9 Å². The Hall–Kier alpha value is -0.630. The maximum atomic E-state index is 10.2. The summed E-state index contributed by atoms with van der Waals surface area (Å²) in [6.45, 7) is 5.48. The van der Waals surface area contributed by atoms with Gasteiger partial charge in [0.2, 0.25) is 0 Å². The minimum absolute atomic E-state index is 0.425.